The zero-order valence-corrected chi connectivity index (χ0v) is 15.3. The summed E-state index contributed by atoms with van der Waals surface area (Å²) < 4.78 is 24.0. The Morgan fingerprint density at radius 2 is 2.04 bits per heavy atom. The summed E-state index contributed by atoms with van der Waals surface area (Å²) in [6.07, 6.45) is 2.64. The quantitative estimate of drug-likeness (QED) is 0.833. The Morgan fingerprint density at radius 3 is 2.72 bits per heavy atom. The highest BCUT2D eigenvalue weighted by Gasteiger charge is 2.26. The van der Waals surface area contributed by atoms with Crippen LogP contribution in [-0.2, 0) is 22.7 Å². The van der Waals surface area contributed by atoms with Crippen molar-refractivity contribution in [2.24, 2.45) is 5.73 Å². The van der Waals surface area contributed by atoms with E-state index in [1.807, 2.05) is 0 Å². The van der Waals surface area contributed by atoms with Crippen LogP contribution in [0, 0.1) is 0 Å². The van der Waals surface area contributed by atoms with Crippen molar-refractivity contribution in [2.75, 3.05) is 11.1 Å². The highest BCUT2D eigenvalue weighted by atomic mass is 32.2. The lowest BCUT2D eigenvalue weighted by atomic mass is 10.1. The minimum absolute atomic E-state index is 0.0401. The molecule has 6 nitrogen and oxygen atoms in total. The number of aryl methyl sites for hydroxylation is 1. The van der Waals surface area contributed by atoms with E-state index < -0.39 is 21.7 Å². The largest absolute Gasteiger partial charge is 0.365 e. The molecule has 0 saturated carbocycles. The lowest BCUT2D eigenvalue weighted by Gasteiger charge is -2.08. The van der Waals surface area contributed by atoms with Gasteiger partial charge >= 0.3 is 0 Å². The molecule has 1 heterocycles. The fourth-order valence-electron chi connectivity index (χ4n) is 2.93. The molecule has 3 N–H and O–H groups in total. The molecule has 0 saturated heterocycles. The molecule has 132 valence electrons. The van der Waals surface area contributed by atoms with Gasteiger partial charge in [-0.2, -0.15) is 0 Å². The number of thiophene rings is 1. The Kier molecular flexibility index (Phi) is 4.66. The minimum Gasteiger partial charge on any atom is -0.365 e. The Hall–Kier alpha value is -2.19. The average molecular weight is 378 g/mol. The van der Waals surface area contributed by atoms with Crippen molar-refractivity contribution in [3.05, 3.63) is 45.8 Å². The molecular formula is C17H18N2O4S2. The predicted octanol–water partition coefficient (Wildman–Crippen LogP) is 2.38. The van der Waals surface area contributed by atoms with Crippen LogP contribution in [0.15, 0.2) is 29.2 Å². The topological polar surface area (TPSA) is 106 Å². The van der Waals surface area contributed by atoms with Gasteiger partial charge in [-0.05, 0) is 43.0 Å². The van der Waals surface area contributed by atoms with Crippen molar-refractivity contribution in [1.29, 1.82) is 0 Å². The third-order valence-corrected chi connectivity index (χ3v) is 7.17. The van der Waals surface area contributed by atoms with Crippen LogP contribution >= 0.6 is 11.3 Å². The number of rotatable bonds is 5. The minimum atomic E-state index is -3.40. The van der Waals surface area contributed by atoms with Gasteiger partial charge in [0, 0.05) is 10.4 Å². The van der Waals surface area contributed by atoms with E-state index in [9.17, 15) is 18.0 Å². The van der Waals surface area contributed by atoms with E-state index in [0.717, 1.165) is 29.7 Å². The van der Waals surface area contributed by atoms with E-state index in [1.165, 1.54) is 35.6 Å². The van der Waals surface area contributed by atoms with E-state index in [0.29, 0.717) is 10.6 Å². The summed E-state index contributed by atoms with van der Waals surface area (Å²) in [5.41, 5.74) is 7.01. The monoisotopic (exact) mass is 378 g/mol. The maximum absolute atomic E-state index is 12.5. The van der Waals surface area contributed by atoms with Gasteiger partial charge in [0.05, 0.1) is 16.2 Å². The van der Waals surface area contributed by atoms with Gasteiger partial charge < -0.3 is 11.1 Å². The normalized spacial score (nSPS) is 13.5. The molecule has 1 aromatic carbocycles. The van der Waals surface area contributed by atoms with Gasteiger partial charge in [-0.15, -0.1) is 11.3 Å². The molecular weight excluding hydrogens is 360 g/mol. The number of nitrogens with two attached hydrogens (primary N) is 1. The molecule has 1 aliphatic rings. The zero-order chi connectivity index (χ0) is 18.2. The number of primary amides is 1. The Labute approximate surface area is 150 Å². The Morgan fingerprint density at radius 1 is 1.28 bits per heavy atom. The predicted molar refractivity (Wildman–Crippen MR) is 97.0 cm³/mol. The number of anilines is 1. The van der Waals surface area contributed by atoms with Gasteiger partial charge in [-0.3, -0.25) is 9.59 Å². The van der Waals surface area contributed by atoms with Gasteiger partial charge in [0.1, 0.15) is 5.00 Å². The maximum atomic E-state index is 12.5. The first-order valence-corrected chi connectivity index (χ1v) is 10.4. The molecule has 0 bridgehead atoms. The Balaban J connectivity index is 1.92. The summed E-state index contributed by atoms with van der Waals surface area (Å²) >= 11 is 1.36. The summed E-state index contributed by atoms with van der Waals surface area (Å²) in [7, 11) is -3.40. The number of carbonyl (C=O) groups is 2. The molecule has 2 amide bonds. The van der Waals surface area contributed by atoms with Gasteiger partial charge in [0.2, 0.25) is 0 Å². The molecule has 0 atom stereocenters. The van der Waals surface area contributed by atoms with Crippen molar-refractivity contribution in [2.45, 2.75) is 31.1 Å². The number of amides is 2. The first-order chi connectivity index (χ1) is 11.8. The summed E-state index contributed by atoms with van der Waals surface area (Å²) in [5, 5.41) is 3.15. The van der Waals surface area contributed by atoms with Crippen LogP contribution in [0.5, 0.6) is 0 Å². The first kappa shape index (κ1) is 17.6. The molecule has 0 aliphatic heterocycles. The van der Waals surface area contributed by atoms with Crippen molar-refractivity contribution >= 4 is 38.0 Å². The SMILES string of the molecule is CCS(=O)(=O)c1cccc(C(=O)Nc2sc3c(c2C(N)=O)CCC3)c1. The summed E-state index contributed by atoms with van der Waals surface area (Å²) in [4.78, 5) is 25.5. The van der Waals surface area contributed by atoms with Gasteiger partial charge in [-0.1, -0.05) is 13.0 Å². The highest BCUT2D eigenvalue weighted by Crippen LogP contribution is 2.39. The molecule has 3 rings (SSSR count). The van der Waals surface area contributed by atoms with Crippen LogP contribution in [0.2, 0.25) is 0 Å². The second-order valence-electron chi connectivity index (χ2n) is 5.81. The summed E-state index contributed by atoms with van der Waals surface area (Å²) in [6, 6.07) is 5.87. The number of nitrogens with one attached hydrogen (secondary N) is 1. The van der Waals surface area contributed by atoms with Crippen LogP contribution < -0.4 is 11.1 Å². The molecule has 1 aliphatic carbocycles. The molecule has 2 aromatic rings. The molecule has 1 aromatic heterocycles. The van der Waals surface area contributed by atoms with Crippen molar-refractivity contribution in [3.63, 3.8) is 0 Å². The molecule has 0 fully saturated rings. The fourth-order valence-corrected chi connectivity index (χ4v) is 5.14. The van der Waals surface area contributed by atoms with Crippen molar-refractivity contribution < 1.29 is 18.0 Å². The second kappa shape index (κ2) is 6.61. The van der Waals surface area contributed by atoms with Gasteiger partial charge in [0.15, 0.2) is 9.84 Å². The average Bonchev–Trinajstić information content (AvgIpc) is 3.15. The zero-order valence-electron chi connectivity index (χ0n) is 13.7. The summed E-state index contributed by atoms with van der Waals surface area (Å²) in [5.74, 6) is -1.06. The van der Waals surface area contributed by atoms with E-state index >= 15 is 0 Å². The smallest absolute Gasteiger partial charge is 0.256 e. The third kappa shape index (κ3) is 3.32. The highest BCUT2D eigenvalue weighted by molar-refractivity contribution is 7.91. The lowest BCUT2D eigenvalue weighted by Crippen LogP contribution is -2.18. The second-order valence-corrected chi connectivity index (χ2v) is 9.19. The molecule has 25 heavy (non-hydrogen) atoms. The molecule has 8 heteroatoms. The van der Waals surface area contributed by atoms with Gasteiger partial charge in [-0.25, -0.2) is 8.42 Å². The lowest BCUT2D eigenvalue weighted by molar-refractivity contribution is 0.100. The van der Waals surface area contributed by atoms with E-state index in [-0.39, 0.29) is 16.2 Å². The number of fused-ring (bicyclic) bond motifs is 1. The van der Waals surface area contributed by atoms with Crippen molar-refractivity contribution in [1.82, 2.24) is 0 Å². The van der Waals surface area contributed by atoms with Crippen LogP contribution in [0.25, 0.3) is 0 Å². The number of benzene rings is 1. The maximum Gasteiger partial charge on any atom is 0.256 e. The van der Waals surface area contributed by atoms with E-state index in [4.69, 9.17) is 5.73 Å². The third-order valence-electron chi connectivity index (χ3n) is 4.23. The number of carbonyl (C=O) groups excluding carboxylic acids is 2. The van der Waals surface area contributed by atoms with Gasteiger partial charge in [0.25, 0.3) is 11.8 Å². The fraction of sp³-hybridized carbons (Fsp3) is 0.294. The standard InChI is InChI=1S/C17H18N2O4S2/c1-2-25(22,23)11-6-3-5-10(9-11)16(21)19-17-14(15(18)20)12-7-4-8-13(12)24-17/h3,5-6,9H,2,4,7-8H2,1H3,(H2,18,20)(H,19,21). The first-order valence-electron chi connectivity index (χ1n) is 7.92. The molecule has 0 radical (unpaired) electrons. The number of hydrogen-bond acceptors (Lipinski definition) is 5. The Bertz CT molecular complexity index is 961. The molecule has 0 unspecified atom stereocenters. The number of hydrogen-bond donors (Lipinski definition) is 2. The van der Waals surface area contributed by atoms with Crippen LogP contribution in [0.4, 0.5) is 5.00 Å². The molecule has 0 spiro atoms. The van der Waals surface area contributed by atoms with E-state index in [1.54, 1.807) is 6.92 Å². The summed E-state index contributed by atoms with van der Waals surface area (Å²) in [6.45, 7) is 1.55. The van der Waals surface area contributed by atoms with Crippen LogP contribution in [-0.4, -0.2) is 26.0 Å². The van der Waals surface area contributed by atoms with E-state index in [2.05, 4.69) is 5.32 Å². The van der Waals surface area contributed by atoms with Crippen LogP contribution in [0.3, 0.4) is 0 Å². The number of sulfone groups is 1. The van der Waals surface area contributed by atoms with Crippen molar-refractivity contribution in [3.8, 4) is 0 Å². The van der Waals surface area contributed by atoms with Crippen LogP contribution in [0.1, 0.15) is 44.5 Å².